The Balaban J connectivity index is 1.69. The average molecular weight is 385 g/mol. The van der Waals surface area contributed by atoms with Crippen molar-refractivity contribution in [2.24, 2.45) is 0 Å². The van der Waals surface area contributed by atoms with Gasteiger partial charge in [-0.05, 0) is 41.8 Å². The molecule has 0 atom stereocenters. The normalized spacial score (nSPS) is 11.3. The Bertz CT molecular complexity index is 1280. The molecule has 0 saturated carbocycles. The lowest BCUT2D eigenvalue weighted by atomic mass is 9.96. The van der Waals surface area contributed by atoms with Crippen molar-refractivity contribution in [1.82, 2.24) is 0 Å². The van der Waals surface area contributed by atoms with Crippen LogP contribution in [0.3, 0.4) is 0 Å². The third-order valence-electron chi connectivity index (χ3n) is 5.05. The summed E-state index contributed by atoms with van der Waals surface area (Å²) in [5, 5.41) is 3.41. The summed E-state index contributed by atoms with van der Waals surface area (Å²) in [5.41, 5.74) is 5.87. The Morgan fingerprint density at radius 3 is 2.22 bits per heavy atom. The van der Waals surface area contributed by atoms with Gasteiger partial charge in [-0.15, -0.1) is 11.3 Å². The second-order valence-electron chi connectivity index (χ2n) is 6.84. The maximum absolute atomic E-state index is 6.70. The number of thiophene rings is 1. The first kappa shape index (κ1) is 16.6. The van der Waals surface area contributed by atoms with Gasteiger partial charge in [0.1, 0.15) is 0 Å². The summed E-state index contributed by atoms with van der Waals surface area (Å²) in [6.07, 6.45) is 0. The smallest absolute Gasteiger partial charge is 0.0490 e. The van der Waals surface area contributed by atoms with Gasteiger partial charge in [-0.1, -0.05) is 83.9 Å². The number of hydrogen-bond acceptors (Lipinski definition) is 1. The molecule has 0 bridgehead atoms. The van der Waals surface area contributed by atoms with Gasteiger partial charge in [-0.25, -0.2) is 0 Å². The Labute approximate surface area is 167 Å². The summed E-state index contributed by atoms with van der Waals surface area (Å²) in [4.78, 5) is 0. The van der Waals surface area contributed by atoms with Gasteiger partial charge >= 0.3 is 0 Å². The van der Waals surface area contributed by atoms with E-state index in [1.54, 1.807) is 0 Å². The zero-order chi connectivity index (χ0) is 18.4. The third kappa shape index (κ3) is 2.84. The topological polar surface area (TPSA) is 0 Å². The molecule has 4 aromatic carbocycles. The van der Waals surface area contributed by atoms with E-state index in [1.807, 2.05) is 11.3 Å². The fourth-order valence-electron chi connectivity index (χ4n) is 3.67. The van der Waals surface area contributed by atoms with Gasteiger partial charge in [0.05, 0.1) is 0 Å². The average Bonchev–Trinajstić information content (AvgIpc) is 3.07. The lowest BCUT2D eigenvalue weighted by Gasteiger charge is -2.10. The fraction of sp³-hybridized carbons (Fsp3) is 0.0400. The van der Waals surface area contributed by atoms with Crippen molar-refractivity contribution in [2.45, 2.75) is 6.92 Å². The van der Waals surface area contributed by atoms with Crippen molar-refractivity contribution in [1.29, 1.82) is 0 Å². The quantitative estimate of drug-likeness (QED) is 0.287. The first-order valence-electron chi connectivity index (χ1n) is 8.98. The van der Waals surface area contributed by atoms with Crippen LogP contribution < -0.4 is 0 Å². The van der Waals surface area contributed by atoms with E-state index < -0.39 is 0 Å². The Morgan fingerprint density at radius 1 is 0.667 bits per heavy atom. The van der Waals surface area contributed by atoms with Crippen molar-refractivity contribution >= 4 is 43.1 Å². The van der Waals surface area contributed by atoms with Crippen LogP contribution in [0.25, 0.3) is 42.4 Å². The minimum Gasteiger partial charge on any atom is -0.135 e. The molecule has 0 aliphatic heterocycles. The van der Waals surface area contributed by atoms with E-state index in [4.69, 9.17) is 11.6 Å². The van der Waals surface area contributed by atoms with Crippen LogP contribution in [0, 0.1) is 6.92 Å². The molecular formula is C25H17ClS. The van der Waals surface area contributed by atoms with Crippen LogP contribution in [-0.2, 0) is 0 Å². The van der Waals surface area contributed by atoms with Crippen LogP contribution in [0.4, 0.5) is 0 Å². The van der Waals surface area contributed by atoms with E-state index in [0.29, 0.717) is 0 Å². The zero-order valence-electron chi connectivity index (χ0n) is 14.9. The number of rotatable bonds is 2. The number of benzene rings is 4. The number of fused-ring (bicyclic) bond motifs is 3. The SMILES string of the molecule is Cc1ccc(-c2ccc(-c3cccc4sc5ccccc5c34)cc2Cl)cc1. The third-order valence-corrected chi connectivity index (χ3v) is 6.49. The molecule has 0 amide bonds. The molecule has 2 heteroatoms. The van der Waals surface area contributed by atoms with Gasteiger partial charge < -0.3 is 0 Å². The van der Waals surface area contributed by atoms with Crippen LogP contribution in [0.5, 0.6) is 0 Å². The maximum atomic E-state index is 6.70. The highest BCUT2D eigenvalue weighted by Crippen LogP contribution is 2.41. The number of hydrogen-bond donors (Lipinski definition) is 0. The van der Waals surface area contributed by atoms with Crippen LogP contribution in [0.15, 0.2) is 84.9 Å². The van der Waals surface area contributed by atoms with E-state index in [9.17, 15) is 0 Å². The lowest BCUT2D eigenvalue weighted by molar-refractivity contribution is 1.47. The monoisotopic (exact) mass is 384 g/mol. The molecule has 27 heavy (non-hydrogen) atoms. The predicted octanol–water partition coefficient (Wildman–Crippen LogP) is 8.35. The van der Waals surface area contributed by atoms with Gasteiger partial charge in [-0.2, -0.15) is 0 Å². The van der Waals surface area contributed by atoms with Crippen LogP contribution >= 0.6 is 22.9 Å². The van der Waals surface area contributed by atoms with E-state index >= 15 is 0 Å². The molecule has 1 aromatic heterocycles. The van der Waals surface area contributed by atoms with E-state index in [0.717, 1.165) is 21.7 Å². The van der Waals surface area contributed by atoms with Gasteiger partial charge in [0, 0.05) is 30.8 Å². The molecule has 0 fully saturated rings. The second kappa shape index (κ2) is 6.53. The Kier molecular flexibility index (Phi) is 4.00. The highest BCUT2D eigenvalue weighted by atomic mass is 35.5. The number of aryl methyl sites for hydroxylation is 1. The fourth-order valence-corrected chi connectivity index (χ4v) is 5.09. The summed E-state index contributed by atoms with van der Waals surface area (Å²) in [5.74, 6) is 0. The van der Waals surface area contributed by atoms with Crippen molar-refractivity contribution in [3.63, 3.8) is 0 Å². The van der Waals surface area contributed by atoms with Gasteiger partial charge in [0.2, 0.25) is 0 Å². The molecule has 0 aliphatic carbocycles. The molecule has 1 heterocycles. The highest BCUT2D eigenvalue weighted by Gasteiger charge is 2.12. The van der Waals surface area contributed by atoms with Gasteiger partial charge in [-0.3, -0.25) is 0 Å². The van der Waals surface area contributed by atoms with Gasteiger partial charge in [0.15, 0.2) is 0 Å². The molecule has 0 aliphatic rings. The molecular weight excluding hydrogens is 368 g/mol. The standard InChI is InChI=1S/C25H17ClS/c1-16-9-11-17(12-10-16)19-14-13-18(15-22(19)26)20-6-4-8-24-25(20)21-5-2-3-7-23(21)27-24/h2-15H,1H3. The summed E-state index contributed by atoms with van der Waals surface area (Å²) >= 11 is 8.54. The Hall–Kier alpha value is -2.61. The second-order valence-corrected chi connectivity index (χ2v) is 8.33. The van der Waals surface area contributed by atoms with E-state index in [2.05, 4.69) is 91.9 Å². The number of halogens is 1. The maximum Gasteiger partial charge on any atom is 0.0490 e. The highest BCUT2D eigenvalue weighted by molar-refractivity contribution is 7.25. The first-order chi connectivity index (χ1) is 13.2. The molecule has 0 radical (unpaired) electrons. The minimum atomic E-state index is 0.785. The summed E-state index contributed by atoms with van der Waals surface area (Å²) < 4.78 is 2.63. The first-order valence-corrected chi connectivity index (χ1v) is 10.2. The summed E-state index contributed by atoms with van der Waals surface area (Å²) in [6, 6.07) is 30.1. The summed E-state index contributed by atoms with van der Waals surface area (Å²) in [6.45, 7) is 2.10. The molecule has 0 N–H and O–H groups in total. The van der Waals surface area contributed by atoms with Crippen LogP contribution in [0.2, 0.25) is 5.02 Å². The molecule has 5 rings (SSSR count). The molecule has 130 valence electrons. The van der Waals surface area contributed by atoms with E-state index in [-0.39, 0.29) is 0 Å². The van der Waals surface area contributed by atoms with Crippen molar-refractivity contribution in [3.8, 4) is 22.3 Å². The van der Waals surface area contributed by atoms with Crippen molar-refractivity contribution < 1.29 is 0 Å². The van der Waals surface area contributed by atoms with Gasteiger partial charge in [0.25, 0.3) is 0 Å². The van der Waals surface area contributed by atoms with Crippen molar-refractivity contribution in [3.05, 3.63) is 95.5 Å². The molecule has 5 aromatic rings. The van der Waals surface area contributed by atoms with Crippen LogP contribution in [0.1, 0.15) is 5.56 Å². The minimum absolute atomic E-state index is 0.785. The molecule has 0 spiro atoms. The lowest BCUT2D eigenvalue weighted by Crippen LogP contribution is -1.84. The molecule has 0 saturated heterocycles. The predicted molar refractivity (Wildman–Crippen MR) is 120 cm³/mol. The molecule has 0 nitrogen and oxygen atoms in total. The molecule has 0 unspecified atom stereocenters. The Morgan fingerprint density at radius 2 is 1.41 bits per heavy atom. The summed E-state index contributed by atoms with van der Waals surface area (Å²) in [7, 11) is 0. The van der Waals surface area contributed by atoms with Crippen LogP contribution in [-0.4, -0.2) is 0 Å². The zero-order valence-corrected chi connectivity index (χ0v) is 16.4. The van der Waals surface area contributed by atoms with Crippen molar-refractivity contribution in [2.75, 3.05) is 0 Å². The van der Waals surface area contributed by atoms with E-state index in [1.165, 1.54) is 31.3 Å². The largest absolute Gasteiger partial charge is 0.135 e.